The summed E-state index contributed by atoms with van der Waals surface area (Å²) in [6.07, 6.45) is 2.01. The standard InChI is InChI=1S/C19H24N4O3/c1-13(2)12-23-19(26)15-8-4-3-7-14(15)17(21-23)18(25)20-11-16(24)22-9-5-6-10-22/h3-4,7-8,13H,5-6,9-12H2,1-2H3,(H,20,25). The summed E-state index contributed by atoms with van der Waals surface area (Å²) in [4.78, 5) is 39.2. The van der Waals surface area contributed by atoms with Gasteiger partial charge in [-0.05, 0) is 24.8 Å². The van der Waals surface area contributed by atoms with Crippen molar-refractivity contribution >= 4 is 22.6 Å². The molecule has 0 aliphatic carbocycles. The first kappa shape index (κ1) is 18.1. The predicted octanol–water partition coefficient (Wildman–Crippen LogP) is 1.40. The quantitative estimate of drug-likeness (QED) is 0.878. The highest BCUT2D eigenvalue weighted by atomic mass is 16.2. The van der Waals surface area contributed by atoms with E-state index in [0.717, 1.165) is 25.9 Å². The van der Waals surface area contributed by atoms with E-state index in [2.05, 4.69) is 10.4 Å². The molecule has 2 aromatic rings. The van der Waals surface area contributed by atoms with E-state index in [1.54, 1.807) is 29.2 Å². The zero-order valence-electron chi connectivity index (χ0n) is 15.2. The largest absolute Gasteiger partial charge is 0.342 e. The van der Waals surface area contributed by atoms with Crippen LogP contribution < -0.4 is 10.9 Å². The van der Waals surface area contributed by atoms with Gasteiger partial charge in [-0.3, -0.25) is 14.4 Å². The van der Waals surface area contributed by atoms with Gasteiger partial charge < -0.3 is 10.2 Å². The smallest absolute Gasteiger partial charge is 0.274 e. The fourth-order valence-electron chi connectivity index (χ4n) is 3.19. The maximum Gasteiger partial charge on any atom is 0.274 e. The Morgan fingerprint density at radius 1 is 1.15 bits per heavy atom. The van der Waals surface area contributed by atoms with Gasteiger partial charge in [-0.1, -0.05) is 32.0 Å². The van der Waals surface area contributed by atoms with Crippen molar-refractivity contribution in [3.63, 3.8) is 0 Å². The van der Waals surface area contributed by atoms with Crippen LogP contribution in [0.5, 0.6) is 0 Å². The molecule has 2 heterocycles. The SMILES string of the molecule is CC(C)Cn1nc(C(=O)NCC(=O)N2CCCC2)c2ccccc2c1=O. The normalized spacial score (nSPS) is 14.2. The molecule has 0 radical (unpaired) electrons. The van der Waals surface area contributed by atoms with Crippen LogP contribution >= 0.6 is 0 Å². The number of carbonyl (C=O) groups is 2. The topological polar surface area (TPSA) is 84.3 Å². The van der Waals surface area contributed by atoms with E-state index in [9.17, 15) is 14.4 Å². The molecule has 2 amide bonds. The minimum absolute atomic E-state index is 0.0574. The zero-order chi connectivity index (χ0) is 18.7. The molecule has 0 bridgehead atoms. The number of hydrogen-bond donors (Lipinski definition) is 1. The van der Waals surface area contributed by atoms with Crippen molar-refractivity contribution in [1.29, 1.82) is 0 Å². The van der Waals surface area contributed by atoms with Crippen molar-refractivity contribution < 1.29 is 9.59 Å². The van der Waals surface area contributed by atoms with Crippen LogP contribution in [-0.2, 0) is 11.3 Å². The Morgan fingerprint density at radius 2 is 1.81 bits per heavy atom. The summed E-state index contributed by atoms with van der Waals surface area (Å²) >= 11 is 0. The highest BCUT2D eigenvalue weighted by molar-refractivity contribution is 6.05. The van der Waals surface area contributed by atoms with Crippen LogP contribution in [0.25, 0.3) is 10.8 Å². The summed E-state index contributed by atoms with van der Waals surface area (Å²) in [5, 5.41) is 7.90. The molecule has 138 valence electrons. The number of amides is 2. The van der Waals surface area contributed by atoms with Gasteiger partial charge in [0.05, 0.1) is 11.9 Å². The van der Waals surface area contributed by atoms with Gasteiger partial charge in [-0.25, -0.2) is 4.68 Å². The van der Waals surface area contributed by atoms with E-state index >= 15 is 0 Å². The van der Waals surface area contributed by atoms with Crippen LogP contribution in [-0.4, -0.2) is 46.1 Å². The molecule has 26 heavy (non-hydrogen) atoms. The summed E-state index contributed by atoms with van der Waals surface area (Å²) in [6.45, 7) is 5.83. The second-order valence-corrected chi connectivity index (χ2v) is 7.05. The Labute approximate surface area is 152 Å². The molecule has 1 N–H and O–H groups in total. The van der Waals surface area contributed by atoms with Gasteiger partial charge in [0.2, 0.25) is 5.91 Å². The number of fused-ring (bicyclic) bond motifs is 1. The van der Waals surface area contributed by atoms with E-state index in [0.29, 0.717) is 17.3 Å². The molecule has 1 aromatic heterocycles. The molecule has 0 atom stereocenters. The number of rotatable bonds is 5. The number of benzene rings is 1. The highest BCUT2D eigenvalue weighted by Gasteiger charge is 2.21. The van der Waals surface area contributed by atoms with E-state index in [1.807, 2.05) is 13.8 Å². The number of nitrogens with one attached hydrogen (secondary N) is 1. The van der Waals surface area contributed by atoms with Gasteiger partial charge in [-0.2, -0.15) is 5.10 Å². The third-order valence-corrected chi connectivity index (χ3v) is 4.48. The molecule has 0 saturated carbocycles. The van der Waals surface area contributed by atoms with Gasteiger partial charge in [0, 0.05) is 25.0 Å². The molecule has 1 aliphatic heterocycles. The molecule has 7 heteroatoms. The molecule has 1 saturated heterocycles. The highest BCUT2D eigenvalue weighted by Crippen LogP contribution is 2.14. The van der Waals surface area contributed by atoms with Crippen molar-refractivity contribution in [3.8, 4) is 0 Å². The van der Waals surface area contributed by atoms with Crippen molar-refractivity contribution in [2.24, 2.45) is 5.92 Å². The number of nitrogens with zero attached hydrogens (tertiary/aromatic N) is 3. The first-order valence-corrected chi connectivity index (χ1v) is 9.03. The fourth-order valence-corrected chi connectivity index (χ4v) is 3.19. The van der Waals surface area contributed by atoms with E-state index in [1.165, 1.54) is 4.68 Å². The zero-order valence-corrected chi connectivity index (χ0v) is 15.2. The van der Waals surface area contributed by atoms with Gasteiger partial charge in [0.1, 0.15) is 0 Å². The lowest BCUT2D eigenvalue weighted by Gasteiger charge is -2.16. The minimum atomic E-state index is -0.439. The monoisotopic (exact) mass is 356 g/mol. The summed E-state index contributed by atoms with van der Waals surface area (Å²) < 4.78 is 1.34. The summed E-state index contributed by atoms with van der Waals surface area (Å²) in [5.74, 6) is -0.309. The molecule has 0 spiro atoms. The van der Waals surface area contributed by atoms with Crippen molar-refractivity contribution in [2.45, 2.75) is 33.2 Å². The third kappa shape index (κ3) is 3.76. The van der Waals surface area contributed by atoms with Crippen molar-refractivity contribution in [1.82, 2.24) is 20.0 Å². The van der Waals surface area contributed by atoms with Crippen LogP contribution in [0.3, 0.4) is 0 Å². The molecule has 1 aromatic carbocycles. The second kappa shape index (κ2) is 7.68. The maximum atomic E-state index is 12.7. The number of hydrogen-bond acceptors (Lipinski definition) is 4. The number of likely N-dealkylation sites (tertiary alicyclic amines) is 1. The van der Waals surface area contributed by atoms with E-state index in [4.69, 9.17) is 0 Å². The average molecular weight is 356 g/mol. The molecule has 1 fully saturated rings. The third-order valence-electron chi connectivity index (χ3n) is 4.48. The Morgan fingerprint density at radius 3 is 2.46 bits per heavy atom. The van der Waals surface area contributed by atoms with Gasteiger partial charge in [0.25, 0.3) is 11.5 Å². The van der Waals surface area contributed by atoms with Crippen LogP contribution in [0, 0.1) is 5.92 Å². The maximum absolute atomic E-state index is 12.7. The molecular weight excluding hydrogens is 332 g/mol. The lowest BCUT2D eigenvalue weighted by molar-refractivity contribution is -0.129. The molecular formula is C19H24N4O3. The second-order valence-electron chi connectivity index (χ2n) is 7.05. The van der Waals surface area contributed by atoms with Crippen LogP contribution in [0.2, 0.25) is 0 Å². The van der Waals surface area contributed by atoms with Crippen LogP contribution in [0.4, 0.5) is 0 Å². The van der Waals surface area contributed by atoms with Crippen molar-refractivity contribution in [3.05, 3.63) is 40.3 Å². The summed E-state index contributed by atoms with van der Waals surface area (Å²) in [7, 11) is 0. The summed E-state index contributed by atoms with van der Waals surface area (Å²) in [5.41, 5.74) is -0.0333. The van der Waals surface area contributed by atoms with E-state index < -0.39 is 5.91 Å². The first-order chi connectivity index (χ1) is 12.5. The molecule has 7 nitrogen and oxygen atoms in total. The predicted molar refractivity (Wildman–Crippen MR) is 99.0 cm³/mol. The first-order valence-electron chi connectivity index (χ1n) is 9.03. The van der Waals surface area contributed by atoms with Gasteiger partial charge in [-0.15, -0.1) is 0 Å². The Kier molecular flexibility index (Phi) is 5.35. The molecule has 0 unspecified atom stereocenters. The number of carbonyl (C=O) groups excluding carboxylic acids is 2. The average Bonchev–Trinajstić information content (AvgIpc) is 3.16. The lowest BCUT2D eigenvalue weighted by Crippen LogP contribution is -2.39. The number of aromatic nitrogens is 2. The summed E-state index contributed by atoms with van der Waals surface area (Å²) in [6, 6.07) is 6.94. The van der Waals surface area contributed by atoms with Gasteiger partial charge in [0.15, 0.2) is 5.69 Å². The Balaban J connectivity index is 1.87. The van der Waals surface area contributed by atoms with E-state index in [-0.39, 0.29) is 29.6 Å². The lowest BCUT2D eigenvalue weighted by atomic mass is 10.1. The van der Waals surface area contributed by atoms with Crippen LogP contribution in [0.1, 0.15) is 37.2 Å². The Bertz CT molecular complexity index is 882. The Hall–Kier alpha value is -2.70. The van der Waals surface area contributed by atoms with Crippen LogP contribution in [0.15, 0.2) is 29.1 Å². The molecule has 1 aliphatic rings. The molecule has 3 rings (SSSR count). The minimum Gasteiger partial charge on any atom is -0.342 e. The van der Waals surface area contributed by atoms with Crippen molar-refractivity contribution in [2.75, 3.05) is 19.6 Å². The fraction of sp³-hybridized carbons (Fsp3) is 0.474. The van der Waals surface area contributed by atoms with Gasteiger partial charge >= 0.3 is 0 Å².